The van der Waals surface area contributed by atoms with Crippen LogP contribution in [0.1, 0.15) is 50.0 Å². The molecule has 1 aromatic heterocycles. The van der Waals surface area contributed by atoms with Crippen LogP contribution in [0.3, 0.4) is 0 Å². The maximum atomic E-state index is 13.0. The molecule has 1 saturated heterocycles. The van der Waals surface area contributed by atoms with Gasteiger partial charge in [-0.15, -0.1) is 0 Å². The molecule has 1 N–H and O–H groups in total. The lowest BCUT2D eigenvalue weighted by Gasteiger charge is -2.63. The molecule has 0 radical (unpaired) electrons. The molecule has 4 rings (SSSR count). The van der Waals surface area contributed by atoms with Crippen LogP contribution >= 0.6 is 11.6 Å². The van der Waals surface area contributed by atoms with Crippen molar-refractivity contribution in [2.75, 3.05) is 18.0 Å². The largest absolute Gasteiger partial charge is 0.489 e. The molecule has 1 atom stereocenters. The number of ether oxygens (including phenoxy) is 1. The van der Waals surface area contributed by atoms with Gasteiger partial charge in [0.1, 0.15) is 24.2 Å². The van der Waals surface area contributed by atoms with E-state index in [0.29, 0.717) is 34.4 Å². The number of hydrogen-bond acceptors (Lipinski definition) is 7. The van der Waals surface area contributed by atoms with Gasteiger partial charge in [-0.1, -0.05) is 39.3 Å². The van der Waals surface area contributed by atoms with Crippen LogP contribution in [0.25, 0.3) is 0 Å². The summed E-state index contributed by atoms with van der Waals surface area (Å²) in [6.07, 6.45) is 4.62. The zero-order chi connectivity index (χ0) is 24.7. The Morgan fingerprint density at radius 2 is 1.94 bits per heavy atom. The van der Waals surface area contributed by atoms with Gasteiger partial charge < -0.3 is 19.7 Å². The monoisotopic (exact) mass is 481 g/mol. The summed E-state index contributed by atoms with van der Waals surface area (Å²) in [7, 11) is 0. The number of nitriles is 1. The maximum absolute atomic E-state index is 13.0. The van der Waals surface area contributed by atoms with Crippen molar-refractivity contribution in [1.82, 2.24) is 15.3 Å². The molecule has 0 unspecified atom stereocenters. The van der Waals surface area contributed by atoms with E-state index in [2.05, 4.69) is 43.0 Å². The highest BCUT2D eigenvalue weighted by Gasteiger charge is 2.64. The van der Waals surface area contributed by atoms with E-state index >= 15 is 0 Å². The fourth-order valence-corrected chi connectivity index (χ4v) is 5.70. The van der Waals surface area contributed by atoms with E-state index in [4.69, 9.17) is 21.6 Å². The van der Waals surface area contributed by atoms with Crippen LogP contribution in [0, 0.1) is 28.1 Å². The van der Waals surface area contributed by atoms with Gasteiger partial charge in [-0.25, -0.2) is 9.97 Å². The van der Waals surface area contributed by atoms with Crippen molar-refractivity contribution in [3.63, 3.8) is 0 Å². The second-order valence-electron chi connectivity index (χ2n) is 10.2. The predicted molar refractivity (Wildman–Crippen MR) is 128 cm³/mol. The Morgan fingerprint density at radius 1 is 1.26 bits per heavy atom. The molecule has 8 nitrogen and oxygen atoms in total. The number of benzene rings is 1. The number of anilines is 1. The van der Waals surface area contributed by atoms with Crippen molar-refractivity contribution in [1.29, 1.82) is 5.26 Å². The van der Waals surface area contributed by atoms with Crippen LogP contribution in [-0.2, 0) is 4.79 Å². The van der Waals surface area contributed by atoms with Crippen molar-refractivity contribution >= 4 is 29.7 Å². The fraction of sp³-hybridized carbons (Fsp3) is 0.480. The summed E-state index contributed by atoms with van der Waals surface area (Å²) < 4.78 is 6.27. The minimum absolute atomic E-state index is 0.00475. The third kappa shape index (κ3) is 4.21. The number of amides is 1. The Kier molecular flexibility index (Phi) is 6.26. The first kappa shape index (κ1) is 24.0. The van der Waals surface area contributed by atoms with Crippen molar-refractivity contribution in [2.45, 2.75) is 46.3 Å². The first-order chi connectivity index (χ1) is 16.1. The van der Waals surface area contributed by atoms with Crippen LogP contribution in [0.5, 0.6) is 5.75 Å². The highest BCUT2D eigenvalue weighted by Crippen LogP contribution is 2.55. The summed E-state index contributed by atoms with van der Waals surface area (Å²) in [5.41, 5.74) is 0.0527. The van der Waals surface area contributed by atoms with Gasteiger partial charge in [0.15, 0.2) is 0 Å². The molecule has 1 aliphatic heterocycles. The first-order valence-electron chi connectivity index (χ1n) is 11.3. The second kappa shape index (κ2) is 8.88. The van der Waals surface area contributed by atoms with Gasteiger partial charge in [-0.3, -0.25) is 4.79 Å². The molecule has 34 heavy (non-hydrogen) atoms. The minimum atomic E-state index is -0.361. The molecule has 0 spiro atoms. The fourth-order valence-electron chi connectivity index (χ4n) is 5.49. The van der Waals surface area contributed by atoms with E-state index in [1.54, 1.807) is 18.2 Å². The topological polar surface area (TPSA) is 108 Å². The molecule has 1 aromatic carbocycles. The number of rotatable bonds is 6. The summed E-state index contributed by atoms with van der Waals surface area (Å²) in [4.78, 5) is 34.6. The lowest BCUT2D eigenvalue weighted by Crippen LogP contribution is -2.74. The zero-order valence-electron chi connectivity index (χ0n) is 19.7. The van der Waals surface area contributed by atoms with Gasteiger partial charge in [0.2, 0.25) is 5.95 Å². The van der Waals surface area contributed by atoms with E-state index < -0.39 is 0 Å². The Hall–Kier alpha value is -3.18. The molecular formula is C25H28ClN5O3. The molecular weight excluding hydrogens is 454 g/mol. The Morgan fingerprint density at radius 3 is 2.50 bits per heavy atom. The van der Waals surface area contributed by atoms with Gasteiger partial charge in [0.05, 0.1) is 16.1 Å². The van der Waals surface area contributed by atoms with E-state index in [-0.39, 0.29) is 34.8 Å². The van der Waals surface area contributed by atoms with Crippen molar-refractivity contribution in [3.05, 3.63) is 46.7 Å². The lowest BCUT2D eigenvalue weighted by molar-refractivity contribution is -0.164. The zero-order valence-corrected chi connectivity index (χ0v) is 20.5. The summed E-state index contributed by atoms with van der Waals surface area (Å²) in [6.45, 7) is 9.53. The summed E-state index contributed by atoms with van der Waals surface area (Å²) in [5, 5.41) is 12.6. The lowest BCUT2D eigenvalue weighted by atomic mass is 9.49. The first-order valence-corrected chi connectivity index (χ1v) is 11.6. The third-order valence-electron chi connectivity index (χ3n) is 7.03. The number of carbonyl (C=O) groups excluding carboxylic acids is 2. The highest BCUT2D eigenvalue weighted by atomic mass is 35.5. The van der Waals surface area contributed by atoms with Crippen LogP contribution in [-0.4, -0.2) is 47.4 Å². The van der Waals surface area contributed by atoms with Crippen LogP contribution in [0.4, 0.5) is 5.95 Å². The maximum Gasteiger partial charge on any atom is 0.254 e. The summed E-state index contributed by atoms with van der Waals surface area (Å²) in [5.74, 6) is 0.872. The number of halogens is 1. The minimum Gasteiger partial charge on any atom is -0.489 e. The molecule has 2 aliphatic rings. The number of aldehydes is 1. The number of nitrogens with zero attached hydrogens (tertiary/aromatic N) is 4. The molecule has 0 bridgehead atoms. The van der Waals surface area contributed by atoms with Gasteiger partial charge in [-0.05, 0) is 18.6 Å². The smallest absolute Gasteiger partial charge is 0.254 e. The molecule has 178 valence electrons. The molecule has 1 aliphatic carbocycles. The van der Waals surface area contributed by atoms with E-state index in [9.17, 15) is 9.59 Å². The van der Waals surface area contributed by atoms with E-state index in [1.165, 1.54) is 12.4 Å². The Bertz CT molecular complexity index is 1130. The summed E-state index contributed by atoms with van der Waals surface area (Å²) in [6, 6.07) is 6.91. The normalized spacial score (nSPS) is 24.6. The van der Waals surface area contributed by atoms with Crippen LogP contribution < -0.4 is 15.0 Å². The Labute approximate surface area is 204 Å². The SMILES string of the molecule is CC1(C)C(NC(=O)c2cnc(N3CC[C@H](C=O)C3)nc2)C(C)(C)C1Oc1ccc(C#N)c(Cl)c1. The molecule has 2 aromatic rings. The van der Waals surface area contributed by atoms with Crippen LogP contribution in [0.15, 0.2) is 30.6 Å². The number of hydrogen-bond donors (Lipinski definition) is 1. The van der Waals surface area contributed by atoms with Crippen molar-refractivity contribution in [2.24, 2.45) is 16.7 Å². The van der Waals surface area contributed by atoms with Gasteiger partial charge in [0, 0.05) is 54.3 Å². The Balaban J connectivity index is 1.42. The number of nitrogens with one attached hydrogen (secondary N) is 1. The number of carbonyl (C=O) groups is 2. The van der Waals surface area contributed by atoms with Crippen LogP contribution in [0.2, 0.25) is 5.02 Å². The molecule has 2 fully saturated rings. The highest BCUT2D eigenvalue weighted by molar-refractivity contribution is 6.31. The molecule has 9 heteroatoms. The third-order valence-corrected chi connectivity index (χ3v) is 7.34. The van der Waals surface area contributed by atoms with Crippen molar-refractivity contribution in [3.8, 4) is 11.8 Å². The van der Waals surface area contributed by atoms with Gasteiger partial charge in [0.25, 0.3) is 5.91 Å². The number of aromatic nitrogens is 2. The predicted octanol–water partition coefficient (Wildman–Crippen LogP) is 3.64. The molecule has 2 heterocycles. The average Bonchev–Trinajstić information content (AvgIpc) is 3.30. The van der Waals surface area contributed by atoms with Gasteiger partial charge >= 0.3 is 0 Å². The average molecular weight is 482 g/mol. The van der Waals surface area contributed by atoms with E-state index in [1.807, 2.05) is 11.0 Å². The molecule has 1 amide bonds. The quantitative estimate of drug-likeness (QED) is 0.627. The standard InChI is InChI=1S/C25H28ClN5O3/c1-24(2)21(25(3,4)22(24)34-18-6-5-16(10-27)19(26)9-18)30-20(33)17-11-28-23(29-12-17)31-8-7-15(13-31)14-32/h5-6,9,11-12,14-15,21-22H,7-8,13H2,1-4H3,(H,30,33)/t15-,21?,22?/m0/s1. The van der Waals surface area contributed by atoms with Crippen molar-refractivity contribution < 1.29 is 14.3 Å². The van der Waals surface area contributed by atoms with E-state index in [0.717, 1.165) is 19.3 Å². The molecule has 1 saturated carbocycles. The second-order valence-corrected chi connectivity index (χ2v) is 10.6. The summed E-state index contributed by atoms with van der Waals surface area (Å²) >= 11 is 6.16. The van der Waals surface area contributed by atoms with Gasteiger partial charge in [-0.2, -0.15) is 5.26 Å².